The van der Waals surface area contributed by atoms with Gasteiger partial charge in [-0.2, -0.15) is 10.1 Å². The number of urea groups is 1. The number of aliphatic carboxylic acids is 1. The van der Waals surface area contributed by atoms with Crippen molar-refractivity contribution < 1.29 is 24.3 Å². The van der Waals surface area contributed by atoms with Gasteiger partial charge in [-0.05, 0) is 32.0 Å². The lowest BCUT2D eigenvalue weighted by Gasteiger charge is -2.16. The molecule has 24 heavy (non-hydrogen) atoms. The number of carboxylic acid groups (broad SMARTS) is 1. The zero-order chi connectivity index (χ0) is 17.9. The summed E-state index contributed by atoms with van der Waals surface area (Å²) in [6.45, 7) is 4.82. The summed E-state index contributed by atoms with van der Waals surface area (Å²) in [7, 11) is 0. The Labute approximate surface area is 136 Å². The second-order valence-corrected chi connectivity index (χ2v) is 5.21. The normalized spacial score (nSPS) is 13.3. The predicted molar refractivity (Wildman–Crippen MR) is 79.4 cm³/mol. The highest BCUT2D eigenvalue weighted by molar-refractivity contribution is 5.82. The first-order valence-electron chi connectivity index (χ1n) is 7.09. The summed E-state index contributed by atoms with van der Waals surface area (Å²) >= 11 is 0. The van der Waals surface area contributed by atoms with Crippen molar-refractivity contribution in [3.05, 3.63) is 23.3 Å². The fourth-order valence-electron chi connectivity index (χ4n) is 1.97. The number of nitrogens with one attached hydrogen (secondary N) is 2. The van der Waals surface area contributed by atoms with Crippen molar-refractivity contribution in [2.75, 3.05) is 0 Å². The Morgan fingerprint density at radius 1 is 1.42 bits per heavy atom. The number of amides is 2. The number of aliphatic hydroxyl groups is 1. The van der Waals surface area contributed by atoms with Crippen LogP contribution in [0.3, 0.4) is 0 Å². The summed E-state index contributed by atoms with van der Waals surface area (Å²) in [5, 5.41) is 30.7. The number of carbonyl (C=O) groups is 2. The first kappa shape index (κ1) is 17.4. The SMILES string of the molecule is Cc1cc(C)n(-c2noc(CNC(=O)NC(C(=O)O)C(C)O)n2)n1. The number of carboxylic acids is 1. The Bertz CT molecular complexity index is 737. The molecule has 2 heterocycles. The molecule has 2 atom stereocenters. The third-order valence-electron chi connectivity index (χ3n) is 3.09. The lowest BCUT2D eigenvalue weighted by Crippen LogP contribution is -2.51. The maximum Gasteiger partial charge on any atom is 0.328 e. The van der Waals surface area contributed by atoms with Crippen molar-refractivity contribution >= 4 is 12.0 Å². The molecule has 0 aliphatic rings. The average molecular weight is 338 g/mol. The van der Waals surface area contributed by atoms with Gasteiger partial charge in [0.15, 0.2) is 6.04 Å². The summed E-state index contributed by atoms with van der Waals surface area (Å²) in [4.78, 5) is 26.6. The molecule has 0 saturated heterocycles. The molecule has 0 aromatic carbocycles. The molecular formula is C13H18N6O5. The number of aromatic nitrogens is 4. The van der Waals surface area contributed by atoms with Gasteiger partial charge >= 0.3 is 12.0 Å². The number of carbonyl (C=O) groups excluding carboxylic acids is 1. The first-order valence-corrected chi connectivity index (χ1v) is 7.09. The van der Waals surface area contributed by atoms with Crippen LogP contribution in [0.15, 0.2) is 10.6 Å². The van der Waals surface area contributed by atoms with Crippen LogP contribution in [0.2, 0.25) is 0 Å². The monoisotopic (exact) mass is 338 g/mol. The van der Waals surface area contributed by atoms with Crippen LogP contribution >= 0.6 is 0 Å². The minimum absolute atomic E-state index is 0.107. The van der Waals surface area contributed by atoms with Crippen LogP contribution in [0.5, 0.6) is 0 Å². The minimum atomic E-state index is -1.42. The number of aliphatic hydroxyl groups excluding tert-OH is 1. The molecule has 2 amide bonds. The first-order chi connectivity index (χ1) is 11.3. The van der Waals surface area contributed by atoms with Crippen LogP contribution in [0.4, 0.5) is 4.79 Å². The van der Waals surface area contributed by atoms with Crippen LogP contribution in [0, 0.1) is 13.8 Å². The Morgan fingerprint density at radius 2 is 2.12 bits per heavy atom. The summed E-state index contributed by atoms with van der Waals surface area (Å²) < 4.78 is 6.50. The molecule has 2 rings (SSSR count). The van der Waals surface area contributed by atoms with E-state index in [1.807, 2.05) is 19.9 Å². The van der Waals surface area contributed by atoms with Crippen LogP contribution < -0.4 is 10.6 Å². The molecule has 0 bridgehead atoms. The van der Waals surface area contributed by atoms with Crippen molar-refractivity contribution in [3.63, 3.8) is 0 Å². The summed E-state index contributed by atoms with van der Waals surface area (Å²) in [5.74, 6) is -0.994. The van der Waals surface area contributed by atoms with Gasteiger partial charge in [0.25, 0.3) is 5.95 Å². The van der Waals surface area contributed by atoms with Gasteiger partial charge in [0.1, 0.15) is 0 Å². The Morgan fingerprint density at radius 3 is 2.67 bits per heavy atom. The molecule has 0 radical (unpaired) electrons. The molecule has 0 fully saturated rings. The number of aryl methyl sites for hydroxylation is 2. The van der Waals surface area contributed by atoms with E-state index in [0.29, 0.717) is 0 Å². The van der Waals surface area contributed by atoms with E-state index in [4.69, 9.17) is 9.63 Å². The Hall–Kier alpha value is -2.95. The number of hydrogen-bond acceptors (Lipinski definition) is 7. The molecule has 11 nitrogen and oxygen atoms in total. The van der Waals surface area contributed by atoms with Crippen LogP contribution in [0.1, 0.15) is 24.2 Å². The quantitative estimate of drug-likeness (QED) is 0.549. The van der Waals surface area contributed by atoms with E-state index in [0.717, 1.165) is 11.4 Å². The molecule has 2 aromatic heterocycles. The van der Waals surface area contributed by atoms with Gasteiger partial charge in [-0.1, -0.05) is 0 Å². The third kappa shape index (κ3) is 4.07. The van der Waals surface area contributed by atoms with Gasteiger partial charge in [-0.15, -0.1) is 0 Å². The molecule has 130 valence electrons. The van der Waals surface area contributed by atoms with E-state index in [2.05, 4.69) is 25.9 Å². The molecule has 0 saturated carbocycles. The van der Waals surface area contributed by atoms with E-state index in [1.165, 1.54) is 11.6 Å². The topological polar surface area (TPSA) is 155 Å². The smallest absolute Gasteiger partial charge is 0.328 e. The van der Waals surface area contributed by atoms with Gasteiger partial charge in [-0.3, -0.25) is 0 Å². The van der Waals surface area contributed by atoms with Crippen molar-refractivity contribution in [1.82, 2.24) is 30.6 Å². The van der Waals surface area contributed by atoms with Gasteiger partial charge in [0.2, 0.25) is 5.89 Å². The highest BCUT2D eigenvalue weighted by atomic mass is 16.5. The standard InChI is InChI=1S/C13H18N6O5/c1-6-4-7(2)19(17-6)12-15-9(24-18-12)5-14-13(23)16-10(8(3)20)11(21)22/h4,8,10,20H,5H2,1-3H3,(H,21,22)(H2,14,16,23). The second-order valence-electron chi connectivity index (χ2n) is 5.21. The van der Waals surface area contributed by atoms with Crippen LogP contribution in [0.25, 0.3) is 5.95 Å². The van der Waals surface area contributed by atoms with E-state index in [1.54, 1.807) is 0 Å². The Balaban J connectivity index is 1.94. The summed E-state index contributed by atoms with van der Waals surface area (Å²) in [5.41, 5.74) is 1.63. The van der Waals surface area contributed by atoms with Crippen LogP contribution in [-0.2, 0) is 11.3 Å². The molecule has 0 spiro atoms. The van der Waals surface area contributed by atoms with Gasteiger partial charge in [-0.25, -0.2) is 14.3 Å². The highest BCUT2D eigenvalue weighted by Crippen LogP contribution is 2.08. The predicted octanol–water partition coefficient (Wildman–Crippen LogP) is -0.495. The van der Waals surface area contributed by atoms with Crippen molar-refractivity contribution in [2.24, 2.45) is 0 Å². The molecule has 0 aliphatic heterocycles. The highest BCUT2D eigenvalue weighted by Gasteiger charge is 2.25. The molecule has 2 unspecified atom stereocenters. The average Bonchev–Trinajstić information content (AvgIpc) is 3.08. The number of nitrogens with zero attached hydrogens (tertiary/aromatic N) is 4. The van der Waals surface area contributed by atoms with Gasteiger partial charge < -0.3 is 25.4 Å². The van der Waals surface area contributed by atoms with Gasteiger partial charge in [0, 0.05) is 5.69 Å². The zero-order valence-corrected chi connectivity index (χ0v) is 13.3. The maximum atomic E-state index is 11.7. The second kappa shape index (κ2) is 7.08. The largest absolute Gasteiger partial charge is 0.480 e. The lowest BCUT2D eigenvalue weighted by atomic mass is 10.2. The minimum Gasteiger partial charge on any atom is -0.480 e. The van der Waals surface area contributed by atoms with E-state index < -0.39 is 24.1 Å². The summed E-state index contributed by atoms with van der Waals surface area (Å²) in [6.07, 6.45) is -1.24. The van der Waals surface area contributed by atoms with E-state index in [-0.39, 0.29) is 18.4 Å². The Kier molecular flexibility index (Phi) is 5.14. The van der Waals surface area contributed by atoms with Crippen LogP contribution in [-0.4, -0.2) is 54.3 Å². The lowest BCUT2D eigenvalue weighted by molar-refractivity contribution is -0.141. The molecule has 0 aliphatic carbocycles. The van der Waals surface area contributed by atoms with E-state index >= 15 is 0 Å². The van der Waals surface area contributed by atoms with Gasteiger partial charge in [0.05, 0.1) is 18.3 Å². The maximum absolute atomic E-state index is 11.7. The molecule has 4 N–H and O–H groups in total. The van der Waals surface area contributed by atoms with E-state index in [9.17, 15) is 14.7 Å². The van der Waals surface area contributed by atoms with Crippen molar-refractivity contribution in [1.29, 1.82) is 0 Å². The molecule has 2 aromatic rings. The molecular weight excluding hydrogens is 320 g/mol. The van der Waals surface area contributed by atoms with Crippen molar-refractivity contribution in [3.8, 4) is 5.95 Å². The fourth-order valence-corrected chi connectivity index (χ4v) is 1.97. The zero-order valence-electron chi connectivity index (χ0n) is 13.3. The molecule has 11 heteroatoms. The summed E-state index contributed by atoms with van der Waals surface area (Å²) in [6, 6.07) is -0.351. The number of hydrogen-bond donors (Lipinski definition) is 4. The van der Waals surface area contributed by atoms with Crippen molar-refractivity contribution in [2.45, 2.75) is 39.5 Å². The fraction of sp³-hybridized carbons (Fsp3) is 0.462. The number of rotatable bonds is 6. The third-order valence-corrected chi connectivity index (χ3v) is 3.09.